The summed E-state index contributed by atoms with van der Waals surface area (Å²) in [4.78, 5) is 6.94. The first kappa shape index (κ1) is 19.4. The van der Waals surface area contributed by atoms with Crippen molar-refractivity contribution in [1.82, 2.24) is 10.2 Å². The summed E-state index contributed by atoms with van der Waals surface area (Å²) >= 11 is 0. The number of rotatable bonds is 8. The van der Waals surface area contributed by atoms with Crippen LogP contribution in [0, 0.1) is 5.92 Å². The van der Waals surface area contributed by atoms with Gasteiger partial charge in [0.2, 0.25) is 0 Å². The Labute approximate surface area is 151 Å². The highest BCUT2D eigenvalue weighted by molar-refractivity contribution is 5.77. The monoisotopic (exact) mass is 348 g/mol. The normalized spacial score (nSPS) is 18.8. The van der Waals surface area contributed by atoms with E-state index in [0.717, 1.165) is 31.0 Å². The van der Waals surface area contributed by atoms with Crippen LogP contribution in [0.3, 0.4) is 0 Å². The van der Waals surface area contributed by atoms with Crippen molar-refractivity contribution in [2.24, 2.45) is 16.6 Å². The fourth-order valence-electron chi connectivity index (χ4n) is 3.22. The number of nitrogens with zero attached hydrogens (tertiary/aromatic N) is 2. The second-order valence-corrected chi connectivity index (χ2v) is 6.72. The summed E-state index contributed by atoms with van der Waals surface area (Å²) in [5.74, 6) is 2.74. The van der Waals surface area contributed by atoms with E-state index in [0.29, 0.717) is 24.0 Å². The molecule has 0 amide bonds. The van der Waals surface area contributed by atoms with Crippen molar-refractivity contribution in [3.63, 3.8) is 0 Å². The molecule has 1 unspecified atom stereocenters. The third kappa shape index (κ3) is 6.46. The van der Waals surface area contributed by atoms with Crippen molar-refractivity contribution in [2.75, 3.05) is 40.4 Å². The Bertz CT molecular complexity index is 562. The van der Waals surface area contributed by atoms with Crippen LogP contribution in [0.2, 0.25) is 0 Å². The molecule has 2 rings (SSSR count). The highest BCUT2D eigenvalue weighted by atomic mass is 16.5. The number of guanidine groups is 1. The maximum Gasteiger partial charge on any atom is 0.188 e. The highest BCUT2D eigenvalue weighted by Gasteiger charge is 2.15. The lowest BCUT2D eigenvalue weighted by molar-refractivity contribution is 0.182. The molecule has 25 heavy (non-hydrogen) atoms. The summed E-state index contributed by atoms with van der Waals surface area (Å²) in [6.45, 7) is 7.29. The lowest BCUT2D eigenvalue weighted by Gasteiger charge is -2.30. The fraction of sp³-hybridized carbons (Fsp3) is 0.632. The summed E-state index contributed by atoms with van der Waals surface area (Å²) in [6.07, 6.45) is 3.77. The minimum absolute atomic E-state index is 0.488. The van der Waals surface area contributed by atoms with Crippen molar-refractivity contribution in [2.45, 2.75) is 32.7 Å². The van der Waals surface area contributed by atoms with Gasteiger partial charge in [-0.1, -0.05) is 13.0 Å². The minimum atomic E-state index is 0.488. The standard InChI is InChI=1S/C19H32N4O2/c1-15-6-4-10-23(14-15)11-5-9-21-19(20)22-13-16-7-8-17(24-2)18(12-16)25-3/h7-8,12,15H,4-6,9-11,13-14H2,1-3H3,(H3,20,21,22). The number of aliphatic imine (C=N–C) groups is 1. The van der Waals surface area contributed by atoms with E-state index in [-0.39, 0.29) is 0 Å². The van der Waals surface area contributed by atoms with Crippen molar-refractivity contribution in [1.29, 1.82) is 0 Å². The van der Waals surface area contributed by atoms with E-state index in [4.69, 9.17) is 15.2 Å². The predicted octanol–water partition coefficient (Wildman–Crippen LogP) is 2.23. The molecule has 1 saturated heterocycles. The summed E-state index contributed by atoms with van der Waals surface area (Å²) in [5, 5.41) is 3.20. The second kappa shape index (κ2) is 10.1. The van der Waals surface area contributed by atoms with E-state index in [1.54, 1.807) is 14.2 Å². The lowest BCUT2D eigenvalue weighted by Crippen LogP contribution is -2.38. The van der Waals surface area contributed by atoms with Gasteiger partial charge in [0.05, 0.1) is 20.8 Å². The van der Waals surface area contributed by atoms with Gasteiger partial charge in [-0.2, -0.15) is 0 Å². The maximum absolute atomic E-state index is 5.96. The molecule has 1 atom stereocenters. The quantitative estimate of drug-likeness (QED) is 0.428. The first-order chi connectivity index (χ1) is 12.1. The molecule has 0 aromatic heterocycles. The maximum atomic E-state index is 5.96. The Balaban J connectivity index is 1.70. The SMILES string of the molecule is COc1ccc(CN=C(N)NCCCN2CCCC(C)C2)cc1OC. The van der Waals surface area contributed by atoms with E-state index in [2.05, 4.69) is 22.1 Å². The van der Waals surface area contributed by atoms with Gasteiger partial charge in [-0.3, -0.25) is 0 Å². The van der Waals surface area contributed by atoms with Gasteiger partial charge < -0.3 is 25.4 Å². The topological polar surface area (TPSA) is 72.1 Å². The third-order valence-corrected chi connectivity index (χ3v) is 4.58. The average molecular weight is 348 g/mol. The van der Waals surface area contributed by atoms with Gasteiger partial charge in [0.15, 0.2) is 17.5 Å². The van der Waals surface area contributed by atoms with E-state index in [1.165, 1.54) is 25.9 Å². The van der Waals surface area contributed by atoms with Crippen molar-refractivity contribution in [3.8, 4) is 11.5 Å². The van der Waals surface area contributed by atoms with Crippen LogP contribution in [-0.2, 0) is 6.54 Å². The molecule has 0 aliphatic carbocycles. The van der Waals surface area contributed by atoms with Gasteiger partial charge in [-0.05, 0) is 56.0 Å². The zero-order valence-electron chi connectivity index (χ0n) is 15.8. The largest absolute Gasteiger partial charge is 0.493 e. The molecule has 3 N–H and O–H groups in total. The first-order valence-electron chi connectivity index (χ1n) is 9.09. The number of benzene rings is 1. The van der Waals surface area contributed by atoms with Gasteiger partial charge in [0.25, 0.3) is 0 Å². The molecule has 0 radical (unpaired) electrons. The fourth-order valence-corrected chi connectivity index (χ4v) is 3.22. The van der Waals surface area contributed by atoms with Gasteiger partial charge in [0, 0.05) is 13.1 Å². The number of methoxy groups -OCH3 is 2. The zero-order chi connectivity index (χ0) is 18.1. The van der Waals surface area contributed by atoms with Crippen LogP contribution in [0.1, 0.15) is 31.7 Å². The number of ether oxygens (including phenoxy) is 2. The molecular formula is C19H32N4O2. The molecule has 6 nitrogen and oxygen atoms in total. The van der Waals surface area contributed by atoms with E-state index in [9.17, 15) is 0 Å². The molecule has 1 aromatic rings. The number of likely N-dealkylation sites (tertiary alicyclic amines) is 1. The number of hydrogen-bond donors (Lipinski definition) is 2. The molecule has 1 aliphatic heterocycles. The molecule has 140 valence electrons. The van der Waals surface area contributed by atoms with Crippen LogP contribution >= 0.6 is 0 Å². The summed E-state index contributed by atoms with van der Waals surface area (Å²) in [7, 11) is 3.26. The van der Waals surface area contributed by atoms with Crippen LogP contribution in [0.5, 0.6) is 11.5 Å². The number of nitrogens with one attached hydrogen (secondary N) is 1. The molecule has 0 spiro atoms. The summed E-state index contributed by atoms with van der Waals surface area (Å²) in [5.41, 5.74) is 6.99. The molecule has 6 heteroatoms. The molecule has 1 aliphatic rings. The van der Waals surface area contributed by atoms with Gasteiger partial charge in [-0.25, -0.2) is 4.99 Å². The van der Waals surface area contributed by atoms with Crippen LogP contribution in [-0.4, -0.2) is 51.3 Å². The second-order valence-electron chi connectivity index (χ2n) is 6.72. The number of piperidine rings is 1. The van der Waals surface area contributed by atoms with Gasteiger partial charge >= 0.3 is 0 Å². The highest BCUT2D eigenvalue weighted by Crippen LogP contribution is 2.27. The lowest BCUT2D eigenvalue weighted by atomic mass is 10.0. The Morgan fingerprint density at radius 2 is 2.12 bits per heavy atom. The Hall–Kier alpha value is -1.95. The van der Waals surface area contributed by atoms with Crippen LogP contribution in [0.15, 0.2) is 23.2 Å². The molecular weight excluding hydrogens is 316 g/mol. The van der Waals surface area contributed by atoms with Crippen LogP contribution < -0.4 is 20.5 Å². The Kier molecular flexibility index (Phi) is 7.85. The van der Waals surface area contributed by atoms with Gasteiger partial charge in [-0.15, -0.1) is 0 Å². The van der Waals surface area contributed by atoms with E-state index >= 15 is 0 Å². The smallest absolute Gasteiger partial charge is 0.188 e. The Morgan fingerprint density at radius 3 is 2.84 bits per heavy atom. The summed E-state index contributed by atoms with van der Waals surface area (Å²) in [6, 6.07) is 5.77. The van der Waals surface area contributed by atoms with Crippen molar-refractivity contribution in [3.05, 3.63) is 23.8 Å². The van der Waals surface area contributed by atoms with Crippen LogP contribution in [0.25, 0.3) is 0 Å². The Morgan fingerprint density at radius 1 is 1.32 bits per heavy atom. The molecule has 1 heterocycles. The average Bonchev–Trinajstić information content (AvgIpc) is 2.63. The van der Waals surface area contributed by atoms with Crippen molar-refractivity contribution >= 4 is 5.96 Å². The van der Waals surface area contributed by atoms with Crippen molar-refractivity contribution < 1.29 is 9.47 Å². The zero-order valence-corrected chi connectivity index (χ0v) is 15.8. The first-order valence-corrected chi connectivity index (χ1v) is 9.09. The third-order valence-electron chi connectivity index (χ3n) is 4.58. The molecule has 1 aromatic carbocycles. The molecule has 0 saturated carbocycles. The number of nitrogens with two attached hydrogens (primary N) is 1. The van der Waals surface area contributed by atoms with E-state index in [1.807, 2.05) is 18.2 Å². The summed E-state index contributed by atoms with van der Waals surface area (Å²) < 4.78 is 10.5. The predicted molar refractivity (Wildman–Crippen MR) is 102 cm³/mol. The van der Waals surface area contributed by atoms with E-state index < -0.39 is 0 Å². The minimum Gasteiger partial charge on any atom is -0.493 e. The molecule has 0 bridgehead atoms. The number of hydrogen-bond acceptors (Lipinski definition) is 4. The van der Waals surface area contributed by atoms with Gasteiger partial charge in [0.1, 0.15) is 0 Å². The van der Waals surface area contributed by atoms with Crippen LogP contribution in [0.4, 0.5) is 0 Å². The molecule has 1 fully saturated rings.